The van der Waals surface area contributed by atoms with Crippen LogP contribution in [0, 0.1) is 0 Å². The van der Waals surface area contributed by atoms with Crippen LogP contribution in [-0.4, -0.2) is 37.2 Å². The number of rotatable bonds is 61. The van der Waals surface area contributed by atoms with E-state index in [2.05, 4.69) is 69.4 Å². The zero-order chi connectivity index (χ0) is 54.3. The van der Waals surface area contributed by atoms with E-state index in [1.165, 1.54) is 238 Å². The fourth-order valence-corrected chi connectivity index (χ4v) is 9.80. The monoisotopic (exact) mass is 1050 g/mol. The predicted molar refractivity (Wildman–Crippen MR) is 325 cm³/mol. The Hall–Kier alpha value is -2.63. The first-order chi connectivity index (χ1) is 37.0. The first kappa shape index (κ1) is 72.4. The second kappa shape index (κ2) is 63.9. The maximum atomic E-state index is 12.9. The number of allylic oxidation sites excluding steroid dienone is 8. The minimum absolute atomic E-state index is 0.0741. The van der Waals surface area contributed by atoms with E-state index in [9.17, 15) is 14.4 Å². The van der Waals surface area contributed by atoms with Crippen molar-refractivity contribution in [3.05, 3.63) is 48.6 Å². The van der Waals surface area contributed by atoms with Crippen LogP contribution in [0.5, 0.6) is 0 Å². The van der Waals surface area contributed by atoms with E-state index >= 15 is 0 Å². The van der Waals surface area contributed by atoms with Gasteiger partial charge in [-0.05, 0) is 83.5 Å². The Balaban J connectivity index is 4.28. The van der Waals surface area contributed by atoms with Gasteiger partial charge < -0.3 is 14.2 Å². The minimum Gasteiger partial charge on any atom is -0.462 e. The predicted octanol–water partition coefficient (Wildman–Crippen LogP) is 22.6. The van der Waals surface area contributed by atoms with Crippen LogP contribution in [0.4, 0.5) is 0 Å². The highest BCUT2D eigenvalue weighted by Gasteiger charge is 2.19. The maximum Gasteiger partial charge on any atom is 0.306 e. The van der Waals surface area contributed by atoms with Gasteiger partial charge in [-0.1, -0.05) is 301 Å². The quantitative estimate of drug-likeness (QED) is 0.0261. The third-order valence-electron chi connectivity index (χ3n) is 14.8. The van der Waals surface area contributed by atoms with Crippen molar-refractivity contribution in [3.63, 3.8) is 0 Å². The summed E-state index contributed by atoms with van der Waals surface area (Å²) in [5.41, 5.74) is 0. The summed E-state index contributed by atoms with van der Waals surface area (Å²) in [5, 5.41) is 0. The Labute approximate surface area is 467 Å². The van der Waals surface area contributed by atoms with E-state index < -0.39 is 6.10 Å². The van der Waals surface area contributed by atoms with Crippen molar-refractivity contribution >= 4 is 17.9 Å². The summed E-state index contributed by atoms with van der Waals surface area (Å²) in [6.45, 7) is 6.66. The van der Waals surface area contributed by atoms with E-state index in [1.54, 1.807) is 0 Å². The molecule has 0 fully saturated rings. The molecule has 6 nitrogen and oxygen atoms in total. The van der Waals surface area contributed by atoms with Crippen LogP contribution < -0.4 is 0 Å². The van der Waals surface area contributed by atoms with Gasteiger partial charge >= 0.3 is 17.9 Å². The number of hydrogen-bond donors (Lipinski definition) is 0. The molecule has 0 aliphatic rings. The van der Waals surface area contributed by atoms with Gasteiger partial charge in [-0.3, -0.25) is 14.4 Å². The Morgan fingerprint density at radius 2 is 0.480 bits per heavy atom. The largest absolute Gasteiger partial charge is 0.462 e. The van der Waals surface area contributed by atoms with E-state index in [4.69, 9.17) is 14.2 Å². The lowest BCUT2D eigenvalue weighted by Crippen LogP contribution is -2.30. The molecule has 1 atom stereocenters. The molecule has 75 heavy (non-hydrogen) atoms. The highest BCUT2D eigenvalue weighted by atomic mass is 16.6. The lowest BCUT2D eigenvalue weighted by Gasteiger charge is -2.18. The molecule has 0 aromatic heterocycles. The number of hydrogen-bond acceptors (Lipinski definition) is 6. The summed E-state index contributed by atoms with van der Waals surface area (Å²) in [6.07, 6.45) is 79.8. The van der Waals surface area contributed by atoms with Crippen molar-refractivity contribution < 1.29 is 28.6 Å². The summed E-state index contributed by atoms with van der Waals surface area (Å²) in [6, 6.07) is 0. The molecule has 0 heterocycles. The van der Waals surface area contributed by atoms with E-state index in [1.807, 2.05) is 0 Å². The van der Waals surface area contributed by atoms with Crippen molar-refractivity contribution in [2.24, 2.45) is 0 Å². The van der Waals surface area contributed by atoms with Gasteiger partial charge in [0.05, 0.1) is 0 Å². The van der Waals surface area contributed by atoms with Gasteiger partial charge in [0.15, 0.2) is 6.10 Å². The smallest absolute Gasteiger partial charge is 0.306 e. The van der Waals surface area contributed by atoms with E-state index in [0.717, 1.165) is 77.0 Å². The molecule has 0 saturated heterocycles. The number of carbonyl (C=O) groups is 3. The summed E-state index contributed by atoms with van der Waals surface area (Å²) in [4.78, 5) is 38.3. The second-order valence-electron chi connectivity index (χ2n) is 22.4. The molecule has 1 unspecified atom stereocenters. The molecule has 0 saturated carbocycles. The average molecular weight is 1050 g/mol. The van der Waals surface area contributed by atoms with Crippen LogP contribution >= 0.6 is 0 Å². The average Bonchev–Trinajstić information content (AvgIpc) is 3.41. The molecule has 0 rings (SSSR count). The molecule has 0 N–H and O–H groups in total. The Bertz CT molecular complexity index is 1300. The molecule has 0 aromatic carbocycles. The summed E-state index contributed by atoms with van der Waals surface area (Å²) >= 11 is 0. The van der Waals surface area contributed by atoms with Gasteiger partial charge in [-0.2, -0.15) is 0 Å². The van der Waals surface area contributed by atoms with Gasteiger partial charge in [0.2, 0.25) is 0 Å². The van der Waals surface area contributed by atoms with E-state index in [-0.39, 0.29) is 31.1 Å². The highest BCUT2D eigenvalue weighted by Crippen LogP contribution is 2.17. The van der Waals surface area contributed by atoms with Gasteiger partial charge in [-0.15, -0.1) is 0 Å². The van der Waals surface area contributed by atoms with Crippen LogP contribution in [0.15, 0.2) is 48.6 Å². The van der Waals surface area contributed by atoms with Crippen LogP contribution in [0.1, 0.15) is 355 Å². The third-order valence-corrected chi connectivity index (χ3v) is 14.8. The molecule has 6 heteroatoms. The van der Waals surface area contributed by atoms with Crippen molar-refractivity contribution in [1.82, 2.24) is 0 Å². The lowest BCUT2D eigenvalue weighted by atomic mass is 10.0. The first-order valence-corrected chi connectivity index (χ1v) is 33.1. The third kappa shape index (κ3) is 62.1. The number of esters is 3. The highest BCUT2D eigenvalue weighted by molar-refractivity contribution is 5.71. The van der Waals surface area contributed by atoms with Crippen LogP contribution in [-0.2, 0) is 28.6 Å². The summed E-state index contributed by atoms with van der Waals surface area (Å²) in [7, 11) is 0. The Morgan fingerprint density at radius 3 is 0.773 bits per heavy atom. The van der Waals surface area contributed by atoms with Crippen molar-refractivity contribution in [2.45, 2.75) is 361 Å². The number of ether oxygens (including phenoxy) is 3. The normalized spacial score (nSPS) is 12.3. The van der Waals surface area contributed by atoms with Crippen molar-refractivity contribution in [1.29, 1.82) is 0 Å². The minimum atomic E-state index is -0.776. The van der Waals surface area contributed by atoms with Crippen LogP contribution in [0.25, 0.3) is 0 Å². The zero-order valence-electron chi connectivity index (χ0n) is 50.3. The number of carbonyl (C=O) groups excluding carboxylic acids is 3. The number of unbranched alkanes of at least 4 members (excludes halogenated alkanes) is 42. The summed E-state index contributed by atoms with van der Waals surface area (Å²) in [5.74, 6) is -0.864. The van der Waals surface area contributed by atoms with E-state index in [0.29, 0.717) is 19.3 Å². The van der Waals surface area contributed by atoms with Crippen molar-refractivity contribution in [2.75, 3.05) is 13.2 Å². The second-order valence-corrected chi connectivity index (χ2v) is 22.4. The van der Waals surface area contributed by atoms with Gasteiger partial charge in [-0.25, -0.2) is 0 Å². The Kier molecular flexibility index (Phi) is 61.7. The van der Waals surface area contributed by atoms with Gasteiger partial charge in [0, 0.05) is 19.3 Å². The molecular formula is C69H126O6. The van der Waals surface area contributed by atoms with Crippen molar-refractivity contribution in [3.8, 4) is 0 Å². The zero-order valence-corrected chi connectivity index (χ0v) is 50.3. The topological polar surface area (TPSA) is 78.9 Å². The Morgan fingerprint density at radius 1 is 0.267 bits per heavy atom. The molecule has 0 bridgehead atoms. The first-order valence-electron chi connectivity index (χ1n) is 33.1. The SMILES string of the molecule is CCCCCC/C=C\CCCCCCCC(=O)OCC(COC(=O)CCCCCCCCCCCC/C=C\C/C=C\C/C=C\CCCCCCC)OC(=O)CCCCCCCCCCCCCCCCCCCCC. The molecule has 0 aliphatic carbocycles. The van der Waals surface area contributed by atoms with Gasteiger partial charge in [0.25, 0.3) is 0 Å². The molecule has 0 aliphatic heterocycles. The molecule has 0 radical (unpaired) electrons. The molecule has 0 amide bonds. The van der Waals surface area contributed by atoms with Crippen LogP contribution in [0.3, 0.4) is 0 Å². The molecular weight excluding hydrogens is 925 g/mol. The fourth-order valence-electron chi connectivity index (χ4n) is 9.80. The van der Waals surface area contributed by atoms with Crippen LogP contribution in [0.2, 0.25) is 0 Å². The summed E-state index contributed by atoms with van der Waals surface area (Å²) < 4.78 is 16.9. The lowest BCUT2D eigenvalue weighted by molar-refractivity contribution is -0.167. The van der Waals surface area contributed by atoms with Gasteiger partial charge in [0.1, 0.15) is 13.2 Å². The standard InChI is InChI=1S/C69H126O6/c1-4-7-10-13-16-19-22-25-27-29-31-32-33-34-35-36-38-39-41-44-47-50-53-56-59-62-68(71)74-65-66(64-73-67(70)61-58-55-52-49-46-43-24-21-18-15-12-9-6-3)75-69(72)63-60-57-54-51-48-45-42-40-37-30-28-26-23-20-17-14-11-8-5-2/h21-22,24-25,29,31,33-34,66H,4-20,23,26-28,30,32,35-65H2,1-3H3/b24-21-,25-22-,31-29-,34-33-. The fraction of sp³-hybridized carbons (Fsp3) is 0.841. The molecule has 0 spiro atoms. The molecule has 438 valence electrons. The maximum absolute atomic E-state index is 12.9. The molecule has 0 aromatic rings.